The number of nitrogens with zero attached hydrogens (tertiary/aromatic N) is 4. The first-order valence-electron chi connectivity index (χ1n) is 10.7. The van der Waals surface area contributed by atoms with Crippen LogP contribution in [-0.4, -0.2) is 51.3 Å². The summed E-state index contributed by atoms with van der Waals surface area (Å²) in [6.45, 7) is 1.60. The van der Waals surface area contributed by atoms with E-state index < -0.39 is 16.6 Å². The predicted octanol–water partition coefficient (Wildman–Crippen LogP) is 3.44. The van der Waals surface area contributed by atoms with Crippen LogP contribution in [0.2, 0.25) is 0 Å². The molecule has 0 spiro atoms. The van der Waals surface area contributed by atoms with Crippen LogP contribution in [0, 0.1) is 10.1 Å². The number of benzene rings is 2. The van der Waals surface area contributed by atoms with Gasteiger partial charge in [-0.15, -0.1) is 0 Å². The molecule has 2 heterocycles. The van der Waals surface area contributed by atoms with Gasteiger partial charge in [0.15, 0.2) is 0 Å². The quantitative estimate of drug-likeness (QED) is 0.237. The van der Waals surface area contributed by atoms with Gasteiger partial charge in [-0.25, -0.2) is 4.98 Å². The molecule has 0 saturated carbocycles. The van der Waals surface area contributed by atoms with Gasteiger partial charge in [0.05, 0.1) is 12.0 Å². The average Bonchev–Trinajstić information content (AvgIpc) is 3.31. The zero-order valence-corrected chi connectivity index (χ0v) is 18.2. The molecule has 2 aromatic carbocycles. The minimum absolute atomic E-state index is 0.120. The van der Waals surface area contributed by atoms with Gasteiger partial charge in [-0.3, -0.25) is 19.7 Å². The molecule has 0 atom stereocenters. The number of amides is 1. The van der Waals surface area contributed by atoms with Crippen molar-refractivity contribution < 1.29 is 19.2 Å². The van der Waals surface area contributed by atoms with Crippen molar-refractivity contribution in [2.24, 2.45) is 0 Å². The third kappa shape index (κ3) is 4.92. The second kappa shape index (κ2) is 9.64. The fourth-order valence-electron chi connectivity index (χ4n) is 4.08. The van der Waals surface area contributed by atoms with Gasteiger partial charge in [0, 0.05) is 55.6 Å². The Morgan fingerprint density at radius 1 is 1.09 bits per heavy atom. The Bertz CT molecular complexity index is 1150. The van der Waals surface area contributed by atoms with Crippen LogP contribution >= 0.6 is 0 Å². The minimum Gasteiger partial charge on any atom is -0.497 e. The molecule has 170 valence electrons. The van der Waals surface area contributed by atoms with Gasteiger partial charge < -0.3 is 14.2 Å². The molecule has 1 aromatic heterocycles. The summed E-state index contributed by atoms with van der Waals surface area (Å²) in [5.41, 5.74) is 1.17. The monoisotopic (exact) mass is 448 g/mol. The summed E-state index contributed by atoms with van der Waals surface area (Å²) in [4.78, 5) is 41.6. The minimum atomic E-state index is -0.649. The number of imidazole rings is 1. The highest BCUT2D eigenvalue weighted by Crippen LogP contribution is 2.28. The van der Waals surface area contributed by atoms with E-state index in [1.54, 1.807) is 18.2 Å². The third-order valence-electron chi connectivity index (χ3n) is 5.94. The molecule has 0 radical (unpaired) electrons. The van der Waals surface area contributed by atoms with Crippen molar-refractivity contribution in [2.45, 2.75) is 25.3 Å². The molecule has 3 aromatic rings. The lowest BCUT2D eigenvalue weighted by Crippen LogP contribution is -2.42. The molecule has 9 heteroatoms. The highest BCUT2D eigenvalue weighted by Gasteiger charge is 2.30. The lowest BCUT2D eigenvalue weighted by molar-refractivity contribution is -0.384. The maximum Gasteiger partial charge on any atom is 0.294 e. The summed E-state index contributed by atoms with van der Waals surface area (Å²) in [6.07, 6.45) is 5.15. The molecule has 1 amide bonds. The molecular weight excluding hydrogens is 424 g/mol. The third-order valence-corrected chi connectivity index (χ3v) is 5.94. The number of ketones is 1. The standard InChI is InChI=1S/C24H24N4O5/c1-33-21-8-2-17(3-9-21)16-27-15-12-25-23(27)19-10-13-26(14-11-19)24(30)22(29)18-4-6-20(7-5-18)28(31)32/h2-9,12,15,19H,10-11,13-14,16H2,1H3. The zero-order valence-electron chi connectivity index (χ0n) is 18.2. The maximum atomic E-state index is 12.7. The number of carbonyl (C=O) groups is 2. The zero-order chi connectivity index (χ0) is 23.4. The van der Waals surface area contributed by atoms with Crippen LogP contribution in [0.25, 0.3) is 0 Å². The number of piperidine rings is 1. The molecule has 0 N–H and O–H groups in total. The van der Waals surface area contributed by atoms with Gasteiger partial charge in [-0.1, -0.05) is 12.1 Å². The van der Waals surface area contributed by atoms with E-state index in [4.69, 9.17) is 4.74 Å². The first kappa shape index (κ1) is 22.2. The number of methoxy groups -OCH3 is 1. The summed E-state index contributed by atoms with van der Waals surface area (Å²) < 4.78 is 7.33. The number of nitro benzene ring substituents is 1. The van der Waals surface area contributed by atoms with E-state index in [0.29, 0.717) is 32.5 Å². The molecule has 1 aliphatic rings. The molecule has 1 saturated heterocycles. The van der Waals surface area contributed by atoms with E-state index in [1.165, 1.54) is 24.3 Å². The van der Waals surface area contributed by atoms with E-state index >= 15 is 0 Å². The van der Waals surface area contributed by atoms with Gasteiger partial charge in [-0.2, -0.15) is 0 Å². The summed E-state index contributed by atoms with van der Waals surface area (Å²) in [5, 5.41) is 10.8. The SMILES string of the molecule is COc1ccc(Cn2ccnc2C2CCN(C(=O)C(=O)c3ccc([N+](=O)[O-])cc3)CC2)cc1. The molecule has 33 heavy (non-hydrogen) atoms. The van der Waals surface area contributed by atoms with Gasteiger partial charge in [-0.05, 0) is 42.7 Å². The number of hydrogen-bond acceptors (Lipinski definition) is 6. The lowest BCUT2D eigenvalue weighted by Gasteiger charge is -2.31. The number of hydrogen-bond donors (Lipinski definition) is 0. The normalized spacial score (nSPS) is 14.2. The molecule has 4 rings (SSSR count). The first-order valence-corrected chi connectivity index (χ1v) is 10.7. The van der Waals surface area contributed by atoms with E-state index in [9.17, 15) is 19.7 Å². The Morgan fingerprint density at radius 3 is 2.36 bits per heavy atom. The molecule has 0 aliphatic carbocycles. The fraction of sp³-hybridized carbons (Fsp3) is 0.292. The number of non-ortho nitro benzene ring substituents is 1. The second-order valence-electron chi connectivity index (χ2n) is 7.96. The van der Waals surface area contributed by atoms with E-state index in [2.05, 4.69) is 9.55 Å². The average molecular weight is 448 g/mol. The van der Waals surface area contributed by atoms with Crippen molar-refractivity contribution in [3.63, 3.8) is 0 Å². The number of likely N-dealkylation sites (tertiary alicyclic amines) is 1. The van der Waals surface area contributed by atoms with Crippen LogP contribution in [0.3, 0.4) is 0 Å². The van der Waals surface area contributed by atoms with Crippen LogP contribution in [-0.2, 0) is 11.3 Å². The van der Waals surface area contributed by atoms with Crippen LogP contribution in [0.1, 0.15) is 40.5 Å². The van der Waals surface area contributed by atoms with E-state index in [1.807, 2.05) is 30.5 Å². The number of carbonyl (C=O) groups excluding carboxylic acids is 2. The molecule has 1 fully saturated rings. The van der Waals surface area contributed by atoms with Gasteiger partial charge in [0.1, 0.15) is 11.6 Å². The maximum absolute atomic E-state index is 12.7. The van der Waals surface area contributed by atoms with Gasteiger partial charge >= 0.3 is 0 Å². The van der Waals surface area contributed by atoms with E-state index in [0.717, 1.165) is 17.1 Å². The number of nitro groups is 1. The molecule has 1 aliphatic heterocycles. The van der Waals surface area contributed by atoms with Crippen molar-refractivity contribution >= 4 is 17.4 Å². The van der Waals surface area contributed by atoms with Crippen molar-refractivity contribution in [1.82, 2.24) is 14.5 Å². The lowest BCUT2D eigenvalue weighted by atomic mass is 9.95. The van der Waals surface area contributed by atoms with Crippen LogP contribution < -0.4 is 4.74 Å². The summed E-state index contributed by atoms with van der Waals surface area (Å²) in [7, 11) is 1.64. The van der Waals surface area contributed by atoms with Crippen LogP contribution in [0.4, 0.5) is 5.69 Å². The summed E-state index contributed by atoms with van der Waals surface area (Å²) in [6, 6.07) is 13.0. The summed E-state index contributed by atoms with van der Waals surface area (Å²) >= 11 is 0. The Kier molecular flexibility index (Phi) is 6.48. The molecule has 0 unspecified atom stereocenters. The van der Waals surface area contributed by atoms with Gasteiger partial charge in [0.2, 0.25) is 5.78 Å². The Morgan fingerprint density at radius 2 is 1.76 bits per heavy atom. The second-order valence-corrected chi connectivity index (χ2v) is 7.96. The van der Waals surface area contributed by atoms with E-state index in [-0.39, 0.29) is 17.2 Å². The largest absolute Gasteiger partial charge is 0.497 e. The molecular formula is C24H24N4O5. The van der Waals surface area contributed by atoms with Crippen molar-refractivity contribution in [3.8, 4) is 5.75 Å². The van der Waals surface area contributed by atoms with Crippen LogP contribution in [0.5, 0.6) is 5.75 Å². The number of aromatic nitrogens is 2. The number of rotatable bonds is 7. The smallest absolute Gasteiger partial charge is 0.294 e. The van der Waals surface area contributed by atoms with Crippen molar-refractivity contribution in [1.29, 1.82) is 0 Å². The van der Waals surface area contributed by atoms with Crippen molar-refractivity contribution in [2.75, 3.05) is 20.2 Å². The predicted molar refractivity (Wildman–Crippen MR) is 120 cm³/mol. The Hall–Kier alpha value is -4.01. The Labute approximate surface area is 190 Å². The van der Waals surface area contributed by atoms with Gasteiger partial charge in [0.25, 0.3) is 11.6 Å². The van der Waals surface area contributed by atoms with Crippen LogP contribution in [0.15, 0.2) is 60.9 Å². The van der Waals surface area contributed by atoms with Crippen molar-refractivity contribution in [3.05, 3.63) is 88.0 Å². The fourth-order valence-corrected chi connectivity index (χ4v) is 4.08. The molecule has 9 nitrogen and oxygen atoms in total. The molecule has 0 bridgehead atoms. The first-order chi connectivity index (χ1) is 16.0. The number of ether oxygens (including phenoxy) is 1. The topological polar surface area (TPSA) is 108 Å². The Balaban J connectivity index is 1.37. The number of Topliss-reactive ketones (excluding diaryl/α,β-unsaturated/α-hetero) is 1. The summed E-state index contributed by atoms with van der Waals surface area (Å²) in [5.74, 6) is 0.745. The highest BCUT2D eigenvalue weighted by molar-refractivity contribution is 6.42. The highest BCUT2D eigenvalue weighted by atomic mass is 16.6.